The van der Waals surface area contributed by atoms with Gasteiger partial charge in [-0.25, -0.2) is 9.18 Å². The molecule has 0 bridgehead atoms. The second kappa shape index (κ2) is 11.3. The first-order valence-corrected chi connectivity index (χ1v) is 9.32. The highest BCUT2D eigenvalue weighted by molar-refractivity contribution is 5.90. The molecule has 1 unspecified atom stereocenters. The van der Waals surface area contributed by atoms with Crippen LogP contribution in [0.1, 0.15) is 26.7 Å². The lowest BCUT2D eigenvalue weighted by Crippen LogP contribution is -2.39. The highest BCUT2D eigenvalue weighted by Gasteiger charge is 2.16. The van der Waals surface area contributed by atoms with E-state index in [1.807, 2.05) is 25.2 Å². The van der Waals surface area contributed by atoms with Crippen LogP contribution in [-0.2, 0) is 4.74 Å². The molecule has 1 fully saturated rings. The fourth-order valence-corrected chi connectivity index (χ4v) is 2.62. The number of anilines is 1. The minimum atomic E-state index is -0.381. The van der Waals surface area contributed by atoms with Crippen LogP contribution in [0.3, 0.4) is 0 Å². The van der Waals surface area contributed by atoms with Crippen molar-refractivity contribution in [3.8, 4) is 0 Å². The van der Waals surface area contributed by atoms with Crippen molar-refractivity contribution in [1.82, 2.24) is 10.6 Å². The summed E-state index contributed by atoms with van der Waals surface area (Å²) in [5.74, 6) is -0.344. The predicted octanol–water partition coefficient (Wildman–Crippen LogP) is 4.12. The minimum absolute atomic E-state index is 0.0210. The molecule has 27 heavy (non-hydrogen) atoms. The number of rotatable bonds is 7. The number of carbonyl (C=O) groups excluding carboxylic acids is 1. The standard InChI is InChI=1S/C21H28FN3O2/c1-3-5-6-16(20-15-23-13-14-27-20)7-10-18(4-2)24-21(26)25-19-11-8-17(22)9-12-19/h4,6-12,20,23H,3,5,13-15H2,1-2H3,(H2,24,25,26). The van der Waals surface area contributed by atoms with E-state index >= 15 is 0 Å². The summed E-state index contributed by atoms with van der Waals surface area (Å²) in [6.45, 7) is 6.33. The van der Waals surface area contributed by atoms with E-state index in [0.29, 0.717) is 18.0 Å². The van der Waals surface area contributed by atoms with Crippen LogP contribution >= 0.6 is 0 Å². The van der Waals surface area contributed by atoms with Crippen LogP contribution < -0.4 is 16.0 Å². The molecule has 2 amide bonds. The third-order valence-electron chi connectivity index (χ3n) is 4.09. The van der Waals surface area contributed by atoms with Crippen molar-refractivity contribution >= 4 is 11.7 Å². The number of halogens is 1. The summed E-state index contributed by atoms with van der Waals surface area (Å²) in [6.07, 6.45) is 9.91. The zero-order valence-corrected chi connectivity index (χ0v) is 15.9. The van der Waals surface area contributed by atoms with E-state index in [1.165, 1.54) is 24.3 Å². The van der Waals surface area contributed by atoms with Gasteiger partial charge in [0.1, 0.15) is 5.82 Å². The van der Waals surface area contributed by atoms with Crippen molar-refractivity contribution < 1.29 is 13.9 Å². The molecule has 1 aliphatic rings. The quantitative estimate of drug-likeness (QED) is 0.630. The lowest BCUT2D eigenvalue weighted by molar-refractivity contribution is 0.0537. The summed E-state index contributed by atoms with van der Waals surface area (Å²) < 4.78 is 18.8. The van der Waals surface area contributed by atoms with Crippen LogP contribution in [0, 0.1) is 5.82 Å². The molecule has 0 aliphatic carbocycles. The Labute approximate surface area is 160 Å². The van der Waals surface area contributed by atoms with Crippen LogP contribution in [-0.4, -0.2) is 31.8 Å². The van der Waals surface area contributed by atoms with Gasteiger partial charge in [0.05, 0.1) is 12.7 Å². The summed E-state index contributed by atoms with van der Waals surface area (Å²) in [6, 6.07) is 5.25. The van der Waals surface area contributed by atoms with Gasteiger partial charge in [-0.2, -0.15) is 0 Å². The molecule has 0 saturated carbocycles. The fourth-order valence-electron chi connectivity index (χ4n) is 2.62. The lowest BCUT2D eigenvalue weighted by atomic mass is 10.1. The smallest absolute Gasteiger partial charge is 0.323 e. The van der Waals surface area contributed by atoms with E-state index in [9.17, 15) is 9.18 Å². The highest BCUT2D eigenvalue weighted by atomic mass is 19.1. The highest BCUT2D eigenvalue weighted by Crippen LogP contribution is 2.14. The van der Waals surface area contributed by atoms with Crippen LogP contribution in [0.2, 0.25) is 0 Å². The Balaban J connectivity index is 1.97. The van der Waals surface area contributed by atoms with E-state index in [4.69, 9.17) is 4.74 Å². The van der Waals surface area contributed by atoms with Gasteiger partial charge in [0.25, 0.3) is 0 Å². The second-order valence-corrected chi connectivity index (χ2v) is 6.22. The van der Waals surface area contributed by atoms with Gasteiger partial charge in [-0.15, -0.1) is 0 Å². The largest absolute Gasteiger partial charge is 0.371 e. The third kappa shape index (κ3) is 7.37. The molecule has 0 aromatic heterocycles. The predicted molar refractivity (Wildman–Crippen MR) is 107 cm³/mol. The van der Waals surface area contributed by atoms with Gasteiger partial charge in [-0.3, -0.25) is 0 Å². The summed E-state index contributed by atoms with van der Waals surface area (Å²) in [7, 11) is 0. The molecule has 5 nitrogen and oxygen atoms in total. The maximum atomic E-state index is 12.9. The Morgan fingerprint density at radius 1 is 1.33 bits per heavy atom. The lowest BCUT2D eigenvalue weighted by Gasteiger charge is -2.25. The molecule has 0 spiro atoms. The molecule has 0 radical (unpaired) electrons. The summed E-state index contributed by atoms with van der Waals surface area (Å²) in [5, 5.41) is 8.81. The molecule has 1 saturated heterocycles. The number of hydrogen-bond acceptors (Lipinski definition) is 3. The number of nitrogens with one attached hydrogen (secondary N) is 3. The summed E-state index contributed by atoms with van der Waals surface area (Å²) >= 11 is 0. The van der Waals surface area contributed by atoms with E-state index < -0.39 is 0 Å². The summed E-state index contributed by atoms with van der Waals surface area (Å²) in [4.78, 5) is 12.1. The molecule has 1 aromatic carbocycles. The van der Waals surface area contributed by atoms with Crippen LogP contribution in [0.4, 0.5) is 14.9 Å². The Morgan fingerprint density at radius 3 is 2.74 bits per heavy atom. The van der Waals surface area contributed by atoms with E-state index in [1.54, 1.807) is 0 Å². The van der Waals surface area contributed by atoms with Gasteiger partial charge in [-0.05, 0) is 49.3 Å². The van der Waals surface area contributed by atoms with Gasteiger partial charge >= 0.3 is 6.03 Å². The van der Waals surface area contributed by atoms with Crippen molar-refractivity contribution in [3.63, 3.8) is 0 Å². The van der Waals surface area contributed by atoms with Crippen molar-refractivity contribution in [3.05, 3.63) is 65.7 Å². The first-order valence-electron chi connectivity index (χ1n) is 9.32. The molecule has 1 aromatic rings. The number of amides is 2. The average Bonchev–Trinajstić information content (AvgIpc) is 2.69. The van der Waals surface area contributed by atoms with Crippen molar-refractivity contribution in [1.29, 1.82) is 0 Å². The average molecular weight is 373 g/mol. The van der Waals surface area contributed by atoms with Gasteiger partial charge in [0, 0.05) is 24.5 Å². The van der Waals surface area contributed by atoms with Crippen LogP contribution in [0.5, 0.6) is 0 Å². The Morgan fingerprint density at radius 2 is 2.11 bits per heavy atom. The number of unbranched alkanes of at least 4 members (excludes halogenated alkanes) is 1. The molecule has 6 heteroatoms. The topological polar surface area (TPSA) is 62.4 Å². The number of ether oxygens (including phenoxy) is 1. The molecule has 1 aliphatic heterocycles. The molecule has 2 rings (SSSR count). The third-order valence-corrected chi connectivity index (χ3v) is 4.09. The maximum Gasteiger partial charge on any atom is 0.323 e. The molecule has 1 heterocycles. The molecule has 3 N–H and O–H groups in total. The van der Waals surface area contributed by atoms with Crippen LogP contribution in [0.25, 0.3) is 0 Å². The Hall–Kier alpha value is -2.44. The molecular formula is C21H28FN3O2. The monoisotopic (exact) mass is 373 g/mol. The van der Waals surface area contributed by atoms with E-state index in [2.05, 4.69) is 29.0 Å². The number of carbonyl (C=O) groups is 1. The zero-order chi connectivity index (χ0) is 19.5. The first-order chi connectivity index (χ1) is 13.1. The van der Waals surface area contributed by atoms with Crippen molar-refractivity contribution in [2.45, 2.75) is 32.8 Å². The van der Waals surface area contributed by atoms with Crippen LogP contribution in [0.15, 0.2) is 59.8 Å². The van der Waals surface area contributed by atoms with E-state index in [0.717, 1.165) is 31.5 Å². The van der Waals surface area contributed by atoms with Gasteiger partial charge < -0.3 is 20.7 Å². The Bertz CT molecular complexity index is 690. The Kier molecular flexibility index (Phi) is 8.74. The molecule has 1 atom stereocenters. The number of allylic oxidation sites excluding steroid dienone is 3. The van der Waals surface area contributed by atoms with Crippen molar-refractivity contribution in [2.75, 3.05) is 25.0 Å². The van der Waals surface area contributed by atoms with Crippen molar-refractivity contribution in [2.24, 2.45) is 0 Å². The number of morpholine rings is 1. The minimum Gasteiger partial charge on any atom is -0.371 e. The zero-order valence-electron chi connectivity index (χ0n) is 15.9. The molecular weight excluding hydrogens is 345 g/mol. The van der Waals surface area contributed by atoms with Gasteiger partial charge in [-0.1, -0.05) is 31.6 Å². The SMILES string of the molecule is CC=C(C=CC(=CCCC)C1CNCCO1)NC(=O)Nc1ccc(F)cc1. The maximum absolute atomic E-state index is 12.9. The number of benzene rings is 1. The fraction of sp³-hybridized carbons (Fsp3) is 0.381. The molecule has 146 valence electrons. The van der Waals surface area contributed by atoms with Gasteiger partial charge in [0.2, 0.25) is 0 Å². The summed E-state index contributed by atoms with van der Waals surface area (Å²) in [5.41, 5.74) is 2.29. The number of urea groups is 1. The van der Waals surface area contributed by atoms with Gasteiger partial charge in [0.15, 0.2) is 0 Å². The first kappa shape index (κ1) is 20.9. The second-order valence-electron chi connectivity index (χ2n) is 6.22. The number of hydrogen-bond donors (Lipinski definition) is 3. The van der Waals surface area contributed by atoms with E-state index in [-0.39, 0.29) is 18.0 Å². The normalized spacial score (nSPS) is 18.6.